The van der Waals surface area contributed by atoms with E-state index in [9.17, 15) is 14.7 Å². The highest BCUT2D eigenvalue weighted by Gasteiger charge is 2.33. The smallest absolute Gasteiger partial charge is 0.354 e. The summed E-state index contributed by atoms with van der Waals surface area (Å²) in [4.78, 5) is 23.5. The molecule has 0 fully saturated rings. The van der Waals surface area contributed by atoms with Crippen molar-refractivity contribution in [3.8, 4) is 0 Å². The topological polar surface area (TPSA) is 113 Å². The molecule has 3 heterocycles. The molecule has 0 spiro atoms. The van der Waals surface area contributed by atoms with Gasteiger partial charge < -0.3 is 10.4 Å². The lowest BCUT2D eigenvalue weighted by Crippen LogP contribution is -2.24. The van der Waals surface area contributed by atoms with Crippen LogP contribution in [-0.2, 0) is 11.3 Å². The molecular weight excluding hydrogens is 322 g/mol. The van der Waals surface area contributed by atoms with E-state index in [0.717, 1.165) is 11.1 Å². The predicted molar refractivity (Wildman–Crippen MR) is 88.4 cm³/mol. The van der Waals surface area contributed by atoms with E-state index in [1.165, 1.54) is 0 Å². The van der Waals surface area contributed by atoms with Gasteiger partial charge in [0, 0.05) is 30.3 Å². The molecule has 3 N–H and O–H groups in total. The Morgan fingerprint density at radius 2 is 2.24 bits per heavy atom. The number of aromatic carboxylic acids is 1. The van der Waals surface area contributed by atoms with E-state index < -0.39 is 5.97 Å². The Kier molecular flexibility index (Phi) is 3.57. The highest BCUT2D eigenvalue weighted by molar-refractivity contribution is 5.98. The SMILES string of the molecule is O=C1CC(c2cccc(Cn3cccn3)c2)c2c(n[nH]c2C(=O)O)N1. The summed E-state index contributed by atoms with van der Waals surface area (Å²) >= 11 is 0. The van der Waals surface area contributed by atoms with Gasteiger partial charge in [0.1, 0.15) is 5.69 Å². The molecule has 25 heavy (non-hydrogen) atoms. The fraction of sp³-hybridized carbons (Fsp3) is 0.176. The zero-order chi connectivity index (χ0) is 17.4. The quantitative estimate of drug-likeness (QED) is 0.672. The van der Waals surface area contributed by atoms with E-state index in [-0.39, 0.29) is 29.8 Å². The first-order valence-corrected chi connectivity index (χ1v) is 7.79. The number of fused-ring (bicyclic) bond motifs is 1. The number of rotatable bonds is 4. The standard InChI is InChI=1S/C17H15N5O3/c23-13-8-12(14-15(17(24)25)20-21-16(14)19-13)11-4-1-3-10(7-11)9-22-6-2-5-18-22/h1-7,12H,8-9H2,(H,24,25)(H2,19,20,21,23). The zero-order valence-electron chi connectivity index (χ0n) is 13.1. The number of anilines is 1. The third-order valence-corrected chi connectivity index (χ3v) is 4.27. The summed E-state index contributed by atoms with van der Waals surface area (Å²) < 4.78 is 1.80. The molecule has 0 saturated carbocycles. The number of carboxylic acid groups (broad SMARTS) is 1. The summed E-state index contributed by atoms with van der Waals surface area (Å²) in [6, 6.07) is 9.61. The number of nitrogens with one attached hydrogen (secondary N) is 2. The van der Waals surface area contributed by atoms with Gasteiger partial charge in [0.2, 0.25) is 5.91 Å². The van der Waals surface area contributed by atoms with Crippen molar-refractivity contribution in [1.82, 2.24) is 20.0 Å². The Bertz CT molecular complexity index is 945. The van der Waals surface area contributed by atoms with Gasteiger partial charge in [-0.25, -0.2) is 4.79 Å². The third kappa shape index (κ3) is 2.78. The molecule has 2 aromatic heterocycles. The number of hydrogen-bond acceptors (Lipinski definition) is 4. The molecule has 1 amide bonds. The number of carboxylic acids is 1. The van der Waals surface area contributed by atoms with Gasteiger partial charge in [-0.3, -0.25) is 14.6 Å². The van der Waals surface area contributed by atoms with Crippen molar-refractivity contribution in [3.63, 3.8) is 0 Å². The molecule has 1 aromatic carbocycles. The Morgan fingerprint density at radius 1 is 1.36 bits per heavy atom. The molecule has 1 unspecified atom stereocenters. The summed E-state index contributed by atoms with van der Waals surface area (Å²) in [6.07, 6.45) is 3.77. The van der Waals surface area contributed by atoms with Gasteiger partial charge in [-0.2, -0.15) is 10.2 Å². The number of carbonyl (C=O) groups excluding carboxylic acids is 1. The lowest BCUT2D eigenvalue weighted by Gasteiger charge is -2.23. The zero-order valence-corrected chi connectivity index (χ0v) is 13.1. The molecular formula is C17H15N5O3. The van der Waals surface area contributed by atoms with Crippen molar-refractivity contribution in [1.29, 1.82) is 0 Å². The maximum Gasteiger partial charge on any atom is 0.354 e. The Hall–Kier alpha value is -3.42. The van der Waals surface area contributed by atoms with Crippen LogP contribution in [0.15, 0.2) is 42.7 Å². The summed E-state index contributed by atoms with van der Waals surface area (Å²) in [5.74, 6) is -1.34. The largest absolute Gasteiger partial charge is 0.477 e. The average molecular weight is 337 g/mol. The first kappa shape index (κ1) is 15.1. The molecule has 0 bridgehead atoms. The molecule has 1 atom stereocenters. The molecule has 4 rings (SSSR count). The van der Waals surface area contributed by atoms with Gasteiger partial charge in [0.15, 0.2) is 5.82 Å². The number of H-pyrrole nitrogens is 1. The molecule has 0 radical (unpaired) electrons. The van der Waals surface area contributed by atoms with Crippen molar-refractivity contribution < 1.29 is 14.7 Å². The van der Waals surface area contributed by atoms with Gasteiger partial charge in [-0.15, -0.1) is 0 Å². The highest BCUT2D eigenvalue weighted by Crippen LogP contribution is 2.38. The van der Waals surface area contributed by atoms with E-state index in [0.29, 0.717) is 12.1 Å². The Balaban J connectivity index is 1.74. The maximum atomic E-state index is 12.0. The first-order valence-electron chi connectivity index (χ1n) is 7.79. The number of aromatic nitrogens is 4. The van der Waals surface area contributed by atoms with Crippen LogP contribution in [0.4, 0.5) is 5.82 Å². The Labute approximate surface area is 142 Å². The summed E-state index contributed by atoms with van der Waals surface area (Å²) in [5, 5.41) is 22.7. The molecule has 0 aliphatic carbocycles. The van der Waals surface area contributed by atoms with Gasteiger partial charge in [0.25, 0.3) is 0 Å². The van der Waals surface area contributed by atoms with Crippen LogP contribution in [-0.4, -0.2) is 37.0 Å². The molecule has 1 aliphatic rings. The van der Waals surface area contributed by atoms with Crippen molar-refractivity contribution in [2.24, 2.45) is 0 Å². The van der Waals surface area contributed by atoms with Crippen molar-refractivity contribution in [3.05, 3.63) is 65.1 Å². The van der Waals surface area contributed by atoms with Crippen LogP contribution >= 0.6 is 0 Å². The average Bonchev–Trinajstić information content (AvgIpc) is 3.23. The number of nitrogens with zero attached hydrogens (tertiary/aromatic N) is 3. The van der Waals surface area contributed by atoms with E-state index >= 15 is 0 Å². The minimum Gasteiger partial charge on any atom is -0.477 e. The predicted octanol–water partition coefficient (Wildman–Crippen LogP) is 1.83. The third-order valence-electron chi connectivity index (χ3n) is 4.27. The monoisotopic (exact) mass is 337 g/mol. The lowest BCUT2D eigenvalue weighted by atomic mass is 9.85. The summed E-state index contributed by atoms with van der Waals surface area (Å²) in [6.45, 7) is 0.601. The normalized spacial score (nSPS) is 16.3. The van der Waals surface area contributed by atoms with Crippen molar-refractivity contribution >= 4 is 17.7 Å². The van der Waals surface area contributed by atoms with Crippen molar-refractivity contribution in [2.75, 3.05) is 5.32 Å². The molecule has 126 valence electrons. The number of amides is 1. The molecule has 3 aromatic rings. The second kappa shape index (κ2) is 5.90. The van der Waals surface area contributed by atoms with Crippen LogP contribution in [0.2, 0.25) is 0 Å². The molecule has 0 saturated heterocycles. The van der Waals surface area contributed by atoms with Gasteiger partial charge in [-0.1, -0.05) is 24.3 Å². The summed E-state index contributed by atoms with van der Waals surface area (Å²) in [5.41, 5.74) is 2.43. The fourth-order valence-electron chi connectivity index (χ4n) is 3.19. The lowest BCUT2D eigenvalue weighted by molar-refractivity contribution is -0.116. The van der Waals surface area contributed by atoms with Crippen LogP contribution < -0.4 is 5.32 Å². The molecule has 1 aliphatic heterocycles. The minimum absolute atomic E-state index is 0.0116. The number of benzene rings is 1. The van der Waals surface area contributed by atoms with Crippen LogP contribution in [0.3, 0.4) is 0 Å². The van der Waals surface area contributed by atoms with E-state index in [2.05, 4.69) is 20.6 Å². The van der Waals surface area contributed by atoms with Crippen molar-refractivity contribution in [2.45, 2.75) is 18.9 Å². The van der Waals surface area contributed by atoms with Crippen LogP contribution in [0.5, 0.6) is 0 Å². The molecule has 8 nitrogen and oxygen atoms in total. The number of aromatic amines is 1. The second-order valence-corrected chi connectivity index (χ2v) is 5.92. The van der Waals surface area contributed by atoms with Crippen LogP contribution in [0.25, 0.3) is 0 Å². The molecule has 8 heteroatoms. The Morgan fingerprint density at radius 3 is 3.00 bits per heavy atom. The van der Waals surface area contributed by atoms with Gasteiger partial charge >= 0.3 is 5.97 Å². The minimum atomic E-state index is -1.09. The fourth-order valence-corrected chi connectivity index (χ4v) is 3.19. The highest BCUT2D eigenvalue weighted by atomic mass is 16.4. The van der Waals surface area contributed by atoms with E-state index in [4.69, 9.17) is 0 Å². The van der Waals surface area contributed by atoms with Crippen LogP contribution in [0, 0.1) is 0 Å². The number of hydrogen-bond donors (Lipinski definition) is 3. The second-order valence-electron chi connectivity index (χ2n) is 5.92. The maximum absolute atomic E-state index is 12.0. The van der Waals surface area contributed by atoms with E-state index in [1.807, 2.05) is 36.5 Å². The van der Waals surface area contributed by atoms with E-state index in [1.54, 1.807) is 10.9 Å². The van der Waals surface area contributed by atoms with Crippen LogP contribution in [0.1, 0.15) is 39.5 Å². The summed E-state index contributed by atoms with van der Waals surface area (Å²) in [7, 11) is 0. The van der Waals surface area contributed by atoms with Gasteiger partial charge in [0.05, 0.1) is 6.54 Å². The first-order chi connectivity index (χ1) is 12.1. The van der Waals surface area contributed by atoms with Gasteiger partial charge in [-0.05, 0) is 17.2 Å². The number of carbonyl (C=O) groups is 2.